The van der Waals surface area contributed by atoms with Crippen molar-refractivity contribution in [2.75, 3.05) is 13.4 Å². The van der Waals surface area contributed by atoms with Gasteiger partial charge in [0.05, 0.1) is 12.1 Å². The van der Waals surface area contributed by atoms with Crippen LogP contribution in [0.1, 0.15) is 31.9 Å². The highest BCUT2D eigenvalue weighted by atomic mass is 32.2. The number of thioether (sulfide) groups is 1. The zero-order valence-corrected chi connectivity index (χ0v) is 16.5. The number of carbonyl (C=O) groups excluding carboxylic acids is 1. The molecule has 1 amide bonds. The Balaban J connectivity index is 2.28. The number of carbonyl (C=O) groups is 1. The number of amides is 1. The topological polar surface area (TPSA) is 60.5 Å². The summed E-state index contributed by atoms with van der Waals surface area (Å²) in [5.74, 6) is 0.522. The number of aryl methyl sites for hydroxylation is 1. The van der Waals surface area contributed by atoms with Crippen LogP contribution in [0.5, 0.6) is 5.75 Å². The molecule has 5 nitrogen and oxygen atoms in total. The van der Waals surface area contributed by atoms with E-state index in [9.17, 15) is 4.79 Å². The van der Waals surface area contributed by atoms with Crippen LogP contribution in [0.4, 0.5) is 0 Å². The Morgan fingerprint density at radius 2 is 2.04 bits per heavy atom. The molecule has 0 aliphatic heterocycles. The molecule has 0 saturated heterocycles. The second-order valence-corrected chi connectivity index (χ2v) is 7.91. The number of pyridine rings is 1. The largest absolute Gasteiger partial charge is 0.470 e. The van der Waals surface area contributed by atoms with E-state index < -0.39 is 5.44 Å². The smallest absolute Gasteiger partial charge is 0.272 e. The summed E-state index contributed by atoms with van der Waals surface area (Å²) in [6.45, 7) is 8.35. The maximum absolute atomic E-state index is 12.4. The molecule has 0 spiro atoms. The molecule has 1 aromatic heterocycles. The summed E-state index contributed by atoms with van der Waals surface area (Å²) in [7, 11) is 1.66. The van der Waals surface area contributed by atoms with E-state index in [0.717, 1.165) is 22.0 Å². The van der Waals surface area contributed by atoms with E-state index in [4.69, 9.17) is 9.47 Å². The molecule has 1 unspecified atom stereocenters. The first-order valence-corrected chi connectivity index (χ1v) is 9.42. The van der Waals surface area contributed by atoms with E-state index in [1.807, 2.05) is 58.3 Å². The molecule has 0 bridgehead atoms. The highest BCUT2D eigenvalue weighted by molar-refractivity contribution is 7.99. The predicted molar refractivity (Wildman–Crippen MR) is 103 cm³/mol. The minimum Gasteiger partial charge on any atom is -0.470 e. The molecule has 2 rings (SSSR count). The van der Waals surface area contributed by atoms with Crippen LogP contribution in [0.2, 0.25) is 0 Å². The molecule has 0 aliphatic carbocycles. The maximum Gasteiger partial charge on any atom is 0.272 e. The number of hydrogen-bond acceptors (Lipinski definition) is 5. The van der Waals surface area contributed by atoms with Gasteiger partial charge in [0.25, 0.3) is 5.91 Å². The molecule has 25 heavy (non-hydrogen) atoms. The van der Waals surface area contributed by atoms with Crippen LogP contribution < -0.4 is 10.1 Å². The quantitative estimate of drug-likeness (QED) is 0.795. The Hall–Kier alpha value is -1.79. The van der Waals surface area contributed by atoms with Gasteiger partial charge >= 0.3 is 0 Å². The lowest BCUT2D eigenvalue weighted by Gasteiger charge is -2.24. The molecular formula is C19H26N2O3S. The number of methoxy groups -OCH3 is 1. The van der Waals surface area contributed by atoms with Crippen molar-refractivity contribution in [2.24, 2.45) is 0 Å². The normalized spacial score (nSPS) is 12.9. The van der Waals surface area contributed by atoms with Gasteiger partial charge in [0, 0.05) is 24.2 Å². The summed E-state index contributed by atoms with van der Waals surface area (Å²) < 4.78 is 11.1. The standard InChI is InChI=1S/C19H26N2O3S/c1-12-7-15(24-18(25-6)17(22)21-19(2,3)4)9-14-8-13(11-23-5)10-20-16(12)14/h7-10,18H,11H2,1-6H3,(H,21,22). The Morgan fingerprint density at radius 1 is 1.32 bits per heavy atom. The number of fused-ring (bicyclic) bond motifs is 1. The van der Waals surface area contributed by atoms with E-state index in [-0.39, 0.29) is 11.4 Å². The third-order valence-electron chi connectivity index (χ3n) is 3.48. The van der Waals surface area contributed by atoms with E-state index in [0.29, 0.717) is 12.4 Å². The predicted octanol–water partition coefficient (Wildman–Crippen LogP) is 3.67. The summed E-state index contributed by atoms with van der Waals surface area (Å²) in [5.41, 5.74) is 2.02. The first kappa shape index (κ1) is 19.5. The Labute approximate surface area is 153 Å². The van der Waals surface area contributed by atoms with Crippen LogP contribution in [-0.4, -0.2) is 35.2 Å². The third-order valence-corrected chi connectivity index (χ3v) is 4.22. The fraction of sp³-hybridized carbons (Fsp3) is 0.474. The summed E-state index contributed by atoms with van der Waals surface area (Å²) in [6, 6.07) is 5.87. The molecule has 1 aromatic carbocycles. The fourth-order valence-electron chi connectivity index (χ4n) is 2.52. The maximum atomic E-state index is 12.4. The van der Waals surface area contributed by atoms with Gasteiger partial charge in [-0.25, -0.2) is 0 Å². The van der Waals surface area contributed by atoms with Crippen LogP contribution in [0.3, 0.4) is 0 Å². The number of hydrogen-bond donors (Lipinski definition) is 1. The molecule has 1 N–H and O–H groups in total. The number of rotatable bonds is 6. The fourth-order valence-corrected chi connectivity index (χ4v) is 3.00. The Bertz CT molecular complexity index is 756. The number of ether oxygens (including phenoxy) is 2. The molecule has 0 aliphatic rings. The van der Waals surface area contributed by atoms with Crippen LogP contribution >= 0.6 is 11.8 Å². The lowest BCUT2D eigenvalue weighted by molar-refractivity contribution is -0.125. The minimum atomic E-state index is -0.605. The van der Waals surface area contributed by atoms with Crippen molar-refractivity contribution >= 4 is 28.6 Å². The average molecular weight is 362 g/mol. The summed E-state index contributed by atoms with van der Waals surface area (Å²) in [5, 5.41) is 3.93. The summed E-state index contributed by atoms with van der Waals surface area (Å²) in [6.07, 6.45) is 3.68. The van der Waals surface area contributed by atoms with E-state index in [1.165, 1.54) is 11.8 Å². The van der Waals surface area contributed by atoms with Crippen molar-refractivity contribution in [3.05, 3.63) is 35.5 Å². The van der Waals surface area contributed by atoms with Gasteiger partial charge in [-0.05, 0) is 63.3 Å². The van der Waals surface area contributed by atoms with Gasteiger partial charge in [0.15, 0.2) is 0 Å². The van der Waals surface area contributed by atoms with Gasteiger partial charge in [0.2, 0.25) is 5.44 Å². The van der Waals surface area contributed by atoms with E-state index >= 15 is 0 Å². The highest BCUT2D eigenvalue weighted by Crippen LogP contribution is 2.26. The van der Waals surface area contributed by atoms with Gasteiger partial charge in [-0.1, -0.05) is 0 Å². The second-order valence-electron chi connectivity index (χ2n) is 7.01. The van der Waals surface area contributed by atoms with Gasteiger partial charge in [0.1, 0.15) is 5.75 Å². The van der Waals surface area contributed by atoms with Gasteiger partial charge in [-0.15, -0.1) is 11.8 Å². The van der Waals surface area contributed by atoms with E-state index in [2.05, 4.69) is 10.3 Å². The van der Waals surface area contributed by atoms with Crippen molar-refractivity contribution in [2.45, 2.75) is 45.3 Å². The molecular weight excluding hydrogens is 336 g/mol. The third kappa shape index (κ3) is 5.34. The Morgan fingerprint density at radius 3 is 2.64 bits per heavy atom. The lowest BCUT2D eigenvalue weighted by atomic mass is 10.1. The van der Waals surface area contributed by atoms with Crippen molar-refractivity contribution in [1.82, 2.24) is 10.3 Å². The molecule has 1 heterocycles. The number of aromatic nitrogens is 1. The first-order chi connectivity index (χ1) is 11.7. The van der Waals surface area contributed by atoms with Crippen LogP contribution in [0, 0.1) is 6.92 Å². The second kappa shape index (κ2) is 8.06. The van der Waals surface area contributed by atoms with Crippen molar-refractivity contribution in [3.63, 3.8) is 0 Å². The first-order valence-electron chi connectivity index (χ1n) is 8.13. The molecule has 6 heteroatoms. The molecule has 136 valence electrons. The average Bonchev–Trinajstić information content (AvgIpc) is 2.51. The monoisotopic (exact) mass is 362 g/mol. The van der Waals surface area contributed by atoms with Crippen LogP contribution in [0.15, 0.2) is 24.4 Å². The van der Waals surface area contributed by atoms with Crippen molar-refractivity contribution in [1.29, 1.82) is 0 Å². The molecule has 0 fully saturated rings. The van der Waals surface area contributed by atoms with Crippen molar-refractivity contribution in [3.8, 4) is 5.75 Å². The molecule has 2 aromatic rings. The lowest BCUT2D eigenvalue weighted by Crippen LogP contribution is -2.46. The minimum absolute atomic E-state index is 0.135. The molecule has 1 atom stereocenters. The van der Waals surface area contributed by atoms with Gasteiger partial charge < -0.3 is 14.8 Å². The SMILES string of the molecule is COCc1cnc2c(C)cc(OC(SC)C(=O)NC(C)(C)C)cc2c1. The highest BCUT2D eigenvalue weighted by Gasteiger charge is 2.24. The zero-order valence-electron chi connectivity index (χ0n) is 15.7. The van der Waals surface area contributed by atoms with Gasteiger partial charge in [-0.3, -0.25) is 9.78 Å². The zero-order chi connectivity index (χ0) is 18.6. The number of benzene rings is 1. The van der Waals surface area contributed by atoms with Crippen molar-refractivity contribution < 1.29 is 14.3 Å². The molecule has 0 radical (unpaired) electrons. The van der Waals surface area contributed by atoms with E-state index in [1.54, 1.807) is 7.11 Å². The summed E-state index contributed by atoms with van der Waals surface area (Å²) >= 11 is 1.37. The Kier molecular flexibility index (Phi) is 6.30. The number of nitrogens with one attached hydrogen (secondary N) is 1. The van der Waals surface area contributed by atoms with Crippen LogP contribution in [-0.2, 0) is 16.1 Å². The summed E-state index contributed by atoms with van der Waals surface area (Å²) in [4.78, 5) is 16.9. The molecule has 0 saturated carbocycles. The van der Waals surface area contributed by atoms with Crippen LogP contribution in [0.25, 0.3) is 10.9 Å². The number of nitrogens with zero attached hydrogens (tertiary/aromatic N) is 1. The van der Waals surface area contributed by atoms with Gasteiger partial charge in [-0.2, -0.15) is 0 Å².